The van der Waals surface area contributed by atoms with Crippen molar-refractivity contribution in [3.05, 3.63) is 95.1 Å². The van der Waals surface area contributed by atoms with Gasteiger partial charge in [0.1, 0.15) is 11.5 Å². The van der Waals surface area contributed by atoms with Crippen molar-refractivity contribution in [1.29, 1.82) is 0 Å². The Morgan fingerprint density at radius 2 is 0.923 bits per heavy atom. The highest BCUT2D eigenvalue weighted by molar-refractivity contribution is 5.93. The van der Waals surface area contributed by atoms with Crippen LogP contribution in [0.4, 0.5) is 0 Å². The van der Waals surface area contributed by atoms with Crippen LogP contribution >= 0.6 is 0 Å². The lowest BCUT2D eigenvalue weighted by atomic mass is 10.1. The van der Waals surface area contributed by atoms with E-state index in [1.165, 1.54) is 0 Å². The highest BCUT2D eigenvalue weighted by atomic mass is 16.5. The van der Waals surface area contributed by atoms with Crippen molar-refractivity contribution < 1.29 is 19.1 Å². The summed E-state index contributed by atoms with van der Waals surface area (Å²) in [6.07, 6.45) is 0. The van der Waals surface area contributed by atoms with E-state index in [0.29, 0.717) is 22.6 Å². The third-order valence-electron chi connectivity index (χ3n) is 3.97. The number of ether oxygens (including phenoxy) is 2. The Balaban J connectivity index is 1.67. The third kappa shape index (κ3) is 3.98. The van der Waals surface area contributed by atoms with Crippen LogP contribution in [0.2, 0.25) is 0 Å². The molecule has 0 amide bonds. The second kappa shape index (κ2) is 7.66. The molecular weight excluding hydrogens is 328 g/mol. The lowest BCUT2D eigenvalue weighted by Crippen LogP contribution is -2.11. The summed E-state index contributed by atoms with van der Waals surface area (Å²) in [6, 6.07) is 20.8. The van der Waals surface area contributed by atoms with Crippen LogP contribution in [0.25, 0.3) is 0 Å². The monoisotopic (exact) mass is 346 g/mol. The lowest BCUT2D eigenvalue weighted by Gasteiger charge is -2.09. The van der Waals surface area contributed by atoms with E-state index in [1.54, 1.807) is 48.5 Å². The summed E-state index contributed by atoms with van der Waals surface area (Å²) in [5.41, 5.74) is 2.73. The molecule has 4 nitrogen and oxygen atoms in total. The number of hydrogen-bond donors (Lipinski definition) is 0. The molecule has 0 heterocycles. The van der Waals surface area contributed by atoms with Crippen LogP contribution in [0.1, 0.15) is 31.8 Å². The number of hydrogen-bond acceptors (Lipinski definition) is 4. The molecule has 0 saturated heterocycles. The Bertz CT molecular complexity index is 864. The number of aryl methyl sites for hydroxylation is 2. The number of rotatable bonds is 4. The van der Waals surface area contributed by atoms with Gasteiger partial charge in [-0.15, -0.1) is 0 Å². The molecule has 0 N–H and O–H groups in total. The lowest BCUT2D eigenvalue weighted by molar-refractivity contribution is 0.0718. The van der Waals surface area contributed by atoms with Crippen molar-refractivity contribution in [2.75, 3.05) is 0 Å². The van der Waals surface area contributed by atoms with Crippen LogP contribution in [-0.4, -0.2) is 11.9 Å². The summed E-state index contributed by atoms with van der Waals surface area (Å²) >= 11 is 0. The minimum atomic E-state index is -0.423. The fraction of sp³-hybridized carbons (Fsp3) is 0.0909. The van der Waals surface area contributed by atoms with Crippen molar-refractivity contribution in [3.8, 4) is 11.5 Å². The van der Waals surface area contributed by atoms with Crippen LogP contribution in [0, 0.1) is 13.8 Å². The Morgan fingerprint density at radius 3 is 1.27 bits per heavy atom. The molecule has 26 heavy (non-hydrogen) atoms. The summed E-state index contributed by atoms with van der Waals surface area (Å²) < 4.78 is 10.7. The molecular formula is C22H18O4. The van der Waals surface area contributed by atoms with Crippen LogP contribution in [0.3, 0.4) is 0 Å². The highest BCUT2D eigenvalue weighted by Gasteiger charge is 2.13. The Labute approximate surface area is 152 Å². The first-order chi connectivity index (χ1) is 12.5. The molecule has 4 heteroatoms. The zero-order valence-corrected chi connectivity index (χ0v) is 14.6. The van der Waals surface area contributed by atoms with Gasteiger partial charge in [-0.1, -0.05) is 36.4 Å². The second-order valence-electron chi connectivity index (χ2n) is 5.88. The van der Waals surface area contributed by atoms with E-state index in [9.17, 15) is 9.59 Å². The second-order valence-corrected chi connectivity index (χ2v) is 5.88. The molecule has 0 unspecified atom stereocenters. The quantitative estimate of drug-likeness (QED) is 0.506. The van der Waals surface area contributed by atoms with E-state index < -0.39 is 11.9 Å². The first-order valence-electron chi connectivity index (χ1n) is 8.20. The fourth-order valence-corrected chi connectivity index (χ4v) is 2.50. The van der Waals surface area contributed by atoms with Crippen molar-refractivity contribution in [2.24, 2.45) is 0 Å². The van der Waals surface area contributed by atoms with E-state index in [1.807, 2.05) is 38.1 Å². The number of carbonyl (C=O) groups excluding carboxylic acids is 2. The van der Waals surface area contributed by atoms with Crippen molar-refractivity contribution >= 4 is 11.9 Å². The van der Waals surface area contributed by atoms with Gasteiger partial charge in [0, 0.05) is 0 Å². The van der Waals surface area contributed by atoms with Gasteiger partial charge in [-0.25, -0.2) is 9.59 Å². The zero-order chi connectivity index (χ0) is 18.5. The molecule has 0 bridgehead atoms. The Kier molecular flexibility index (Phi) is 5.13. The molecule has 0 aliphatic heterocycles. The smallest absolute Gasteiger partial charge is 0.343 e. The molecule has 3 rings (SSSR count). The standard InChI is InChI=1S/C22H18O4/c1-15-7-3-5-9-19(15)21(23)25-17-11-13-18(14-12-17)26-22(24)20-10-6-4-8-16(20)2/h3-14H,1-2H3. The third-order valence-corrected chi connectivity index (χ3v) is 3.97. The molecule has 0 radical (unpaired) electrons. The maximum atomic E-state index is 12.2. The maximum absolute atomic E-state index is 12.2. The summed E-state index contributed by atoms with van der Waals surface area (Å²) in [4.78, 5) is 24.4. The maximum Gasteiger partial charge on any atom is 0.343 e. The van der Waals surface area contributed by atoms with Gasteiger partial charge in [-0.3, -0.25) is 0 Å². The summed E-state index contributed by atoms with van der Waals surface area (Å²) in [5.74, 6) is -0.0802. The number of carbonyl (C=O) groups is 2. The van der Waals surface area contributed by atoms with Gasteiger partial charge >= 0.3 is 11.9 Å². The fourth-order valence-electron chi connectivity index (χ4n) is 2.50. The van der Waals surface area contributed by atoms with Gasteiger partial charge < -0.3 is 9.47 Å². The first-order valence-corrected chi connectivity index (χ1v) is 8.20. The normalized spacial score (nSPS) is 10.2. The van der Waals surface area contributed by atoms with Crippen LogP contribution < -0.4 is 9.47 Å². The summed E-state index contributed by atoms with van der Waals surface area (Å²) in [6.45, 7) is 3.70. The molecule has 0 spiro atoms. The van der Waals surface area contributed by atoms with E-state index in [4.69, 9.17) is 9.47 Å². The molecule has 130 valence electrons. The molecule has 0 saturated carbocycles. The van der Waals surface area contributed by atoms with Crippen molar-refractivity contribution in [1.82, 2.24) is 0 Å². The largest absolute Gasteiger partial charge is 0.423 e. The van der Waals surface area contributed by atoms with E-state index >= 15 is 0 Å². The average molecular weight is 346 g/mol. The SMILES string of the molecule is Cc1ccccc1C(=O)Oc1ccc(OC(=O)c2ccccc2C)cc1. The van der Waals surface area contributed by atoms with Crippen molar-refractivity contribution in [2.45, 2.75) is 13.8 Å². The molecule has 0 aliphatic rings. The molecule has 3 aromatic carbocycles. The van der Waals surface area contributed by atoms with Gasteiger partial charge in [0.15, 0.2) is 0 Å². The van der Waals surface area contributed by atoms with E-state index in [2.05, 4.69) is 0 Å². The van der Waals surface area contributed by atoms with Gasteiger partial charge in [0.25, 0.3) is 0 Å². The first kappa shape index (κ1) is 17.4. The predicted octanol–water partition coefficient (Wildman–Crippen LogP) is 4.74. The Morgan fingerprint density at radius 1 is 0.577 bits per heavy atom. The molecule has 0 atom stereocenters. The average Bonchev–Trinajstić information content (AvgIpc) is 2.64. The number of benzene rings is 3. The van der Waals surface area contributed by atoms with Gasteiger partial charge in [-0.2, -0.15) is 0 Å². The van der Waals surface area contributed by atoms with E-state index in [0.717, 1.165) is 11.1 Å². The van der Waals surface area contributed by atoms with Crippen molar-refractivity contribution in [3.63, 3.8) is 0 Å². The molecule has 0 aliphatic carbocycles. The Hall–Kier alpha value is -3.40. The zero-order valence-electron chi connectivity index (χ0n) is 14.6. The van der Waals surface area contributed by atoms with Crippen LogP contribution in [0.15, 0.2) is 72.8 Å². The predicted molar refractivity (Wildman–Crippen MR) is 98.7 cm³/mol. The molecule has 3 aromatic rings. The highest BCUT2D eigenvalue weighted by Crippen LogP contribution is 2.21. The van der Waals surface area contributed by atoms with Gasteiger partial charge in [0.05, 0.1) is 11.1 Å². The van der Waals surface area contributed by atoms with E-state index in [-0.39, 0.29) is 0 Å². The minimum absolute atomic E-state index is 0.383. The molecule has 0 aromatic heterocycles. The van der Waals surface area contributed by atoms with Crippen LogP contribution in [-0.2, 0) is 0 Å². The summed E-state index contributed by atoms with van der Waals surface area (Å²) in [7, 11) is 0. The summed E-state index contributed by atoms with van der Waals surface area (Å²) in [5, 5.41) is 0. The van der Waals surface area contributed by atoms with Gasteiger partial charge in [0.2, 0.25) is 0 Å². The number of esters is 2. The van der Waals surface area contributed by atoms with Crippen LogP contribution in [0.5, 0.6) is 11.5 Å². The minimum Gasteiger partial charge on any atom is -0.423 e. The topological polar surface area (TPSA) is 52.6 Å². The van der Waals surface area contributed by atoms with Gasteiger partial charge in [-0.05, 0) is 61.4 Å². The molecule has 0 fully saturated rings.